The van der Waals surface area contributed by atoms with E-state index in [4.69, 9.17) is 0 Å². The lowest BCUT2D eigenvalue weighted by molar-refractivity contribution is -0.134. The SMILES string of the molecule is CCC1(C)NC(C(C)C)N(C(C)CS(C)(=O)=O)C1=O. The lowest BCUT2D eigenvalue weighted by atomic mass is 9.99. The Bertz CT molecular complexity index is 447. The molecule has 1 aliphatic rings. The quantitative estimate of drug-likeness (QED) is 0.820. The molecular weight excluding hydrogens is 264 g/mol. The molecule has 0 aromatic rings. The normalized spacial score (nSPS) is 30.2. The van der Waals surface area contributed by atoms with Crippen LogP contribution in [-0.2, 0) is 14.6 Å². The highest BCUT2D eigenvalue weighted by molar-refractivity contribution is 7.90. The molecule has 0 aliphatic carbocycles. The zero-order valence-electron chi connectivity index (χ0n) is 12.7. The summed E-state index contributed by atoms with van der Waals surface area (Å²) < 4.78 is 22.9. The minimum absolute atomic E-state index is 0.00341. The molecule has 1 aliphatic heterocycles. The van der Waals surface area contributed by atoms with E-state index in [0.717, 1.165) is 0 Å². The number of nitrogens with one attached hydrogen (secondary N) is 1. The fourth-order valence-electron chi connectivity index (χ4n) is 2.60. The van der Waals surface area contributed by atoms with E-state index < -0.39 is 15.4 Å². The van der Waals surface area contributed by atoms with Crippen molar-refractivity contribution < 1.29 is 13.2 Å². The zero-order chi connectivity index (χ0) is 15.0. The van der Waals surface area contributed by atoms with Gasteiger partial charge in [-0.2, -0.15) is 0 Å². The van der Waals surface area contributed by atoms with Gasteiger partial charge in [0.1, 0.15) is 9.84 Å². The molecule has 1 rings (SSSR count). The first-order valence-corrected chi connectivity index (χ1v) is 8.86. The fourth-order valence-corrected chi connectivity index (χ4v) is 3.64. The number of carbonyl (C=O) groups excluding carboxylic acids is 1. The molecule has 1 heterocycles. The minimum atomic E-state index is -3.10. The van der Waals surface area contributed by atoms with Gasteiger partial charge in [0, 0.05) is 12.3 Å². The van der Waals surface area contributed by atoms with E-state index >= 15 is 0 Å². The van der Waals surface area contributed by atoms with Crippen molar-refractivity contribution in [2.24, 2.45) is 5.92 Å². The lowest BCUT2D eigenvalue weighted by Crippen LogP contribution is -2.48. The van der Waals surface area contributed by atoms with Crippen LogP contribution in [0.2, 0.25) is 0 Å². The highest BCUT2D eigenvalue weighted by Crippen LogP contribution is 2.29. The zero-order valence-corrected chi connectivity index (χ0v) is 13.5. The van der Waals surface area contributed by atoms with Gasteiger partial charge < -0.3 is 4.90 Å². The molecule has 0 saturated carbocycles. The Hall–Kier alpha value is -0.620. The molecule has 1 saturated heterocycles. The van der Waals surface area contributed by atoms with Crippen LogP contribution in [0.1, 0.15) is 41.0 Å². The molecule has 0 aromatic carbocycles. The average molecular weight is 290 g/mol. The van der Waals surface area contributed by atoms with Gasteiger partial charge in [0.15, 0.2) is 0 Å². The number of hydrogen-bond donors (Lipinski definition) is 1. The molecule has 0 aromatic heterocycles. The first kappa shape index (κ1) is 16.4. The fraction of sp³-hybridized carbons (Fsp3) is 0.923. The first-order chi connectivity index (χ1) is 8.52. The summed E-state index contributed by atoms with van der Waals surface area (Å²) in [6.45, 7) is 9.72. The lowest BCUT2D eigenvalue weighted by Gasteiger charge is -2.32. The third-order valence-electron chi connectivity index (χ3n) is 3.83. The molecule has 19 heavy (non-hydrogen) atoms. The summed E-state index contributed by atoms with van der Waals surface area (Å²) in [6.07, 6.45) is 1.80. The second kappa shape index (κ2) is 5.40. The molecule has 3 unspecified atom stereocenters. The Morgan fingerprint density at radius 1 is 1.37 bits per heavy atom. The Balaban J connectivity index is 3.04. The smallest absolute Gasteiger partial charge is 0.244 e. The van der Waals surface area contributed by atoms with E-state index in [9.17, 15) is 13.2 Å². The number of sulfone groups is 1. The van der Waals surface area contributed by atoms with Crippen LogP contribution >= 0.6 is 0 Å². The van der Waals surface area contributed by atoms with Crippen LogP contribution in [-0.4, -0.2) is 49.0 Å². The molecule has 1 N–H and O–H groups in total. The number of carbonyl (C=O) groups is 1. The van der Waals surface area contributed by atoms with Crippen LogP contribution in [0.25, 0.3) is 0 Å². The summed E-state index contributed by atoms with van der Waals surface area (Å²) in [6, 6.07) is -0.309. The van der Waals surface area contributed by atoms with Crippen LogP contribution in [0.3, 0.4) is 0 Å². The second-order valence-corrected chi connectivity index (χ2v) is 8.36. The third kappa shape index (κ3) is 3.48. The van der Waals surface area contributed by atoms with Gasteiger partial charge in [-0.3, -0.25) is 10.1 Å². The number of hydrogen-bond acceptors (Lipinski definition) is 4. The van der Waals surface area contributed by atoms with Crippen molar-refractivity contribution in [3.05, 3.63) is 0 Å². The van der Waals surface area contributed by atoms with Crippen molar-refractivity contribution in [1.29, 1.82) is 0 Å². The van der Waals surface area contributed by atoms with Crippen LogP contribution in [0.4, 0.5) is 0 Å². The molecule has 3 atom stereocenters. The van der Waals surface area contributed by atoms with Crippen LogP contribution in [0.5, 0.6) is 0 Å². The Morgan fingerprint density at radius 2 is 1.89 bits per heavy atom. The Labute approximate surface area is 116 Å². The molecule has 0 spiro atoms. The Morgan fingerprint density at radius 3 is 2.26 bits per heavy atom. The van der Waals surface area contributed by atoms with Crippen molar-refractivity contribution in [3.63, 3.8) is 0 Å². The minimum Gasteiger partial charge on any atom is -0.322 e. The van der Waals surface area contributed by atoms with Crippen molar-refractivity contribution in [3.8, 4) is 0 Å². The summed E-state index contributed by atoms with van der Waals surface area (Å²) in [4.78, 5) is 14.3. The highest BCUT2D eigenvalue weighted by Gasteiger charge is 2.49. The van der Waals surface area contributed by atoms with E-state index in [1.54, 1.807) is 11.8 Å². The van der Waals surface area contributed by atoms with Crippen molar-refractivity contribution >= 4 is 15.7 Å². The van der Waals surface area contributed by atoms with Crippen LogP contribution in [0.15, 0.2) is 0 Å². The van der Waals surface area contributed by atoms with Gasteiger partial charge in [-0.05, 0) is 26.2 Å². The van der Waals surface area contributed by atoms with Gasteiger partial charge >= 0.3 is 0 Å². The van der Waals surface area contributed by atoms with Crippen LogP contribution in [0, 0.1) is 5.92 Å². The maximum absolute atomic E-state index is 12.6. The first-order valence-electron chi connectivity index (χ1n) is 6.80. The van der Waals surface area contributed by atoms with Crippen molar-refractivity contribution in [1.82, 2.24) is 10.2 Å². The third-order valence-corrected chi connectivity index (χ3v) is 4.92. The largest absolute Gasteiger partial charge is 0.322 e. The standard InChI is InChI=1S/C13H26N2O3S/c1-7-13(5)12(16)15(11(14-13)9(2)3)10(4)8-19(6,17)18/h9-11,14H,7-8H2,1-6H3. The van der Waals surface area contributed by atoms with E-state index in [0.29, 0.717) is 6.42 Å². The van der Waals surface area contributed by atoms with Gasteiger partial charge in [0.05, 0.1) is 17.5 Å². The summed E-state index contributed by atoms with van der Waals surface area (Å²) >= 11 is 0. The Kier molecular flexibility index (Phi) is 4.67. The number of rotatable bonds is 5. The summed E-state index contributed by atoms with van der Waals surface area (Å²) in [5, 5.41) is 3.36. The number of nitrogens with zero attached hydrogens (tertiary/aromatic N) is 1. The van der Waals surface area contributed by atoms with E-state index in [1.165, 1.54) is 6.26 Å². The van der Waals surface area contributed by atoms with E-state index in [2.05, 4.69) is 5.32 Å². The average Bonchev–Trinajstić information content (AvgIpc) is 2.50. The topological polar surface area (TPSA) is 66.5 Å². The maximum atomic E-state index is 12.6. The van der Waals surface area contributed by atoms with Gasteiger partial charge in [-0.25, -0.2) is 8.42 Å². The van der Waals surface area contributed by atoms with E-state index in [-0.39, 0.29) is 29.8 Å². The molecule has 1 amide bonds. The molecule has 6 heteroatoms. The molecule has 112 valence electrons. The molecule has 1 fully saturated rings. The van der Waals surface area contributed by atoms with Gasteiger partial charge in [-0.15, -0.1) is 0 Å². The van der Waals surface area contributed by atoms with E-state index in [1.807, 2.05) is 27.7 Å². The van der Waals surface area contributed by atoms with Crippen molar-refractivity contribution in [2.45, 2.75) is 58.8 Å². The summed E-state index contributed by atoms with van der Waals surface area (Å²) in [7, 11) is -3.10. The molecular formula is C13H26N2O3S. The molecule has 5 nitrogen and oxygen atoms in total. The maximum Gasteiger partial charge on any atom is 0.244 e. The highest BCUT2D eigenvalue weighted by atomic mass is 32.2. The van der Waals surface area contributed by atoms with Gasteiger partial charge in [0.25, 0.3) is 0 Å². The van der Waals surface area contributed by atoms with Gasteiger partial charge in [-0.1, -0.05) is 20.8 Å². The number of amides is 1. The van der Waals surface area contributed by atoms with Crippen molar-refractivity contribution in [2.75, 3.05) is 12.0 Å². The monoisotopic (exact) mass is 290 g/mol. The molecule has 0 radical (unpaired) electrons. The predicted octanol–water partition coefficient (Wildman–Crippen LogP) is 1.00. The predicted molar refractivity (Wildman–Crippen MR) is 76.5 cm³/mol. The van der Waals surface area contributed by atoms with Gasteiger partial charge in [0.2, 0.25) is 5.91 Å². The molecule has 0 bridgehead atoms. The van der Waals surface area contributed by atoms with Crippen LogP contribution < -0.4 is 5.32 Å². The second-order valence-electron chi connectivity index (χ2n) is 6.17. The summed E-state index contributed by atoms with van der Waals surface area (Å²) in [5.74, 6) is 0.243. The summed E-state index contributed by atoms with van der Waals surface area (Å²) in [5.41, 5.74) is -0.583.